The number of carbonyl (C=O) groups is 1. The summed E-state index contributed by atoms with van der Waals surface area (Å²) in [7, 11) is 0. The fourth-order valence-electron chi connectivity index (χ4n) is 3.69. The van der Waals surface area contributed by atoms with Crippen molar-refractivity contribution in [3.05, 3.63) is 64.7 Å². The Morgan fingerprint density at radius 1 is 0.960 bits per heavy atom. The van der Waals surface area contributed by atoms with Crippen molar-refractivity contribution in [2.45, 2.75) is 27.3 Å². The van der Waals surface area contributed by atoms with E-state index in [1.807, 2.05) is 35.2 Å². The highest BCUT2D eigenvalue weighted by Crippen LogP contribution is 2.27. The van der Waals surface area contributed by atoms with Crippen LogP contribution in [-0.4, -0.2) is 37.1 Å². The smallest absolute Gasteiger partial charge is 0.317 e. The SMILES string of the molecule is Cc1cc(C)c(N2CCN(C(=O)NCc3ccccc3)CC2)c(C)c1. The molecule has 4 heteroatoms. The van der Waals surface area contributed by atoms with Gasteiger partial charge in [-0.1, -0.05) is 48.0 Å². The van der Waals surface area contributed by atoms with Crippen LogP contribution in [0.25, 0.3) is 0 Å². The molecule has 4 nitrogen and oxygen atoms in total. The number of anilines is 1. The molecule has 0 saturated carbocycles. The average Bonchev–Trinajstić information content (AvgIpc) is 2.60. The van der Waals surface area contributed by atoms with Gasteiger partial charge in [0.05, 0.1) is 0 Å². The molecule has 0 unspecified atom stereocenters. The van der Waals surface area contributed by atoms with Gasteiger partial charge in [-0.3, -0.25) is 0 Å². The summed E-state index contributed by atoms with van der Waals surface area (Å²) in [5.74, 6) is 0. The van der Waals surface area contributed by atoms with Crippen LogP contribution >= 0.6 is 0 Å². The molecule has 2 aromatic rings. The molecule has 0 radical (unpaired) electrons. The number of benzene rings is 2. The first-order chi connectivity index (χ1) is 12.0. The summed E-state index contributed by atoms with van der Waals surface area (Å²) in [5.41, 5.74) is 6.40. The van der Waals surface area contributed by atoms with Gasteiger partial charge in [0.25, 0.3) is 0 Å². The van der Waals surface area contributed by atoms with Gasteiger partial charge < -0.3 is 15.1 Å². The summed E-state index contributed by atoms with van der Waals surface area (Å²) in [5, 5.41) is 3.02. The molecule has 0 spiro atoms. The molecular weight excluding hydrogens is 310 g/mol. The predicted octanol–water partition coefficient (Wildman–Crippen LogP) is 3.64. The molecule has 0 atom stereocenters. The van der Waals surface area contributed by atoms with E-state index in [4.69, 9.17) is 0 Å². The lowest BCUT2D eigenvalue weighted by Gasteiger charge is -2.37. The number of nitrogens with zero attached hydrogens (tertiary/aromatic N) is 2. The Morgan fingerprint density at radius 2 is 1.56 bits per heavy atom. The van der Waals surface area contributed by atoms with Crippen LogP contribution in [0.5, 0.6) is 0 Å². The Labute approximate surface area is 150 Å². The molecule has 2 amide bonds. The molecule has 1 fully saturated rings. The second-order valence-corrected chi connectivity index (χ2v) is 6.87. The molecule has 1 aliphatic heterocycles. The number of aryl methyl sites for hydroxylation is 3. The van der Waals surface area contributed by atoms with E-state index >= 15 is 0 Å². The van der Waals surface area contributed by atoms with Crippen molar-refractivity contribution in [2.24, 2.45) is 0 Å². The number of urea groups is 1. The van der Waals surface area contributed by atoms with Crippen molar-refractivity contribution < 1.29 is 4.79 Å². The maximum atomic E-state index is 12.4. The number of hydrogen-bond acceptors (Lipinski definition) is 2. The minimum absolute atomic E-state index is 0.0286. The minimum atomic E-state index is 0.0286. The van der Waals surface area contributed by atoms with Gasteiger partial charge in [0.15, 0.2) is 0 Å². The van der Waals surface area contributed by atoms with E-state index in [2.05, 4.69) is 43.1 Å². The normalized spacial score (nSPS) is 14.5. The van der Waals surface area contributed by atoms with E-state index in [1.54, 1.807) is 0 Å². The highest BCUT2D eigenvalue weighted by atomic mass is 16.2. The van der Waals surface area contributed by atoms with Crippen LogP contribution in [0, 0.1) is 20.8 Å². The van der Waals surface area contributed by atoms with Crippen molar-refractivity contribution in [3.8, 4) is 0 Å². The Hall–Kier alpha value is -2.49. The third-order valence-corrected chi connectivity index (χ3v) is 4.81. The van der Waals surface area contributed by atoms with Crippen LogP contribution in [0.1, 0.15) is 22.3 Å². The molecule has 1 aliphatic rings. The lowest BCUT2D eigenvalue weighted by Crippen LogP contribution is -2.52. The Morgan fingerprint density at radius 3 is 2.16 bits per heavy atom. The van der Waals surface area contributed by atoms with E-state index in [9.17, 15) is 4.79 Å². The zero-order valence-corrected chi connectivity index (χ0v) is 15.4. The van der Waals surface area contributed by atoms with Gasteiger partial charge in [0.2, 0.25) is 0 Å². The summed E-state index contributed by atoms with van der Waals surface area (Å²) < 4.78 is 0. The fraction of sp³-hybridized carbons (Fsp3) is 0.381. The number of amides is 2. The molecular formula is C21H27N3O. The predicted molar refractivity (Wildman–Crippen MR) is 103 cm³/mol. The van der Waals surface area contributed by atoms with Gasteiger partial charge in [0.1, 0.15) is 0 Å². The van der Waals surface area contributed by atoms with Gasteiger partial charge >= 0.3 is 6.03 Å². The summed E-state index contributed by atoms with van der Waals surface area (Å²) in [6.45, 7) is 10.3. The van der Waals surface area contributed by atoms with Gasteiger partial charge in [-0.25, -0.2) is 4.79 Å². The summed E-state index contributed by atoms with van der Waals surface area (Å²) >= 11 is 0. The Bertz CT molecular complexity index is 711. The Kier molecular flexibility index (Phi) is 5.27. The molecule has 25 heavy (non-hydrogen) atoms. The number of rotatable bonds is 3. The molecule has 0 aliphatic carbocycles. The number of piperazine rings is 1. The molecule has 1 heterocycles. The third kappa shape index (κ3) is 4.13. The zero-order valence-electron chi connectivity index (χ0n) is 15.4. The monoisotopic (exact) mass is 337 g/mol. The van der Waals surface area contributed by atoms with E-state index < -0.39 is 0 Å². The Balaban J connectivity index is 1.56. The maximum Gasteiger partial charge on any atom is 0.317 e. The van der Waals surface area contributed by atoms with Crippen LogP contribution in [0.3, 0.4) is 0 Å². The van der Waals surface area contributed by atoms with Crippen molar-refractivity contribution in [3.63, 3.8) is 0 Å². The first kappa shape index (κ1) is 17.3. The van der Waals surface area contributed by atoms with E-state index in [1.165, 1.54) is 22.4 Å². The van der Waals surface area contributed by atoms with Crippen LogP contribution in [0.2, 0.25) is 0 Å². The molecule has 1 saturated heterocycles. The largest absolute Gasteiger partial charge is 0.368 e. The highest BCUT2D eigenvalue weighted by molar-refractivity contribution is 5.74. The molecule has 2 aromatic carbocycles. The van der Waals surface area contributed by atoms with Gasteiger partial charge in [-0.05, 0) is 37.5 Å². The van der Waals surface area contributed by atoms with Crippen LogP contribution in [0.15, 0.2) is 42.5 Å². The van der Waals surface area contributed by atoms with E-state index in [0.29, 0.717) is 6.54 Å². The van der Waals surface area contributed by atoms with Crippen LogP contribution in [0.4, 0.5) is 10.5 Å². The molecule has 1 N–H and O–H groups in total. The summed E-state index contributed by atoms with van der Waals surface area (Å²) in [4.78, 5) is 16.7. The summed E-state index contributed by atoms with van der Waals surface area (Å²) in [6.07, 6.45) is 0. The van der Waals surface area contributed by atoms with Crippen LogP contribution in [-0.2, 0) is 6.54 Å². The van der Waals surface area contributed by atoms with Gasteiger partial charge in [0, 0.05) is 38.4 Å². The zero-order chi connectivity index (χ0) is 17.8. The molecule has 3 rings (SSSR count). The molecule has 0 aromatic heterocycles. The number of hydrogen-bond donors (Lipinski definition) is 1. The standard InChI is InChI=1S/C21H27N3O/c1-16-13-17(2)20(18(3)14-16)23-9-11-24(12-10-23)21(25)22-15-19-7-5-4-6-8-19/h4-8,13-14H,9-12,15H2,1-3H3,(H,22,25). The number of carbonyl (C=O) groups excluding carboxylic acids is 1. The summed E-state index contributed by atoms with van der Waals surface area (Å²) in [6, 6.07) is 14.5. The molecule has 132 valence electrons. The first-order valence-electron chi connectivity index (χ1n) is 8.94. The third-order valence-electron chi connectivity index (χ3n) is 4.81. The van der Waals surface area contributed by atoms with Crippen molar-refractivity contribution >= 4 is 11.7 Å². The van der Waals surface area contributed by atoms with Crippen LogP contribution < -0.4 is 10.2 Å². The van der Waals surface area contributed by atoms with E-state index in [-0.39, 0.29) is 6.03 Å². The van der Waals surface area contributed by atoms with Crippen molar-refractivity contribution in [2.75, 3.05) is 31.1 Å². The van der Waals surface area contributed by atoms with E-state index in [0.717, 1.165) is 31.7 Å². The second-order valence-electron chi connectivity index (χ2n) is 6.87. The van der Waals surface area contributed by atoms with Gasteiger partial charge in [-0.2, -0.15) is 0 Å². The highest BCUT2D eigenvalue weighted by Gasteiger charge is 2.22. The van der Waals surface area contributed by atoms with Crippen molar-refractivity contribution in [1.82, 2.24) is 10.2 Å². The first-order valence-corrected chi connectivity index (χ1v) is 8.94. The van der Waals surface area contributed by atoms with Gasteiger partial charge in [-0.15, -0.1) is 0 Å². The number of nitrogens with one attached hydrogen (secondary N) is 1. The quantitative estimate of drug-likeness (QED) is 0.928. The fourth-order valence-corrected chi connectivity index (χ4v) is 3.69. The molecule has 0 bridgehead atoms. The topological polar surface area (TPSA) is 35.6 Å². The lowest BCUT2D eigenvalue weighted by atomic mass is 10.0. The average molecular weight is 337 g/mol. The lowest BCUT2D eigenvalue weighted by molar-refractivity contribution is 0.194. The maximum absolute atomic E-state index is 12.4. The van der Waals surface area contributed by atoms with Crippen molar-refractivity contribution in [1.29, 1.82) is 0 Å². The minimum Gasteiger partial charge on any atom is -0.368 e. The second kappa shape index (κ2) is 7.60.